The van der Waals surface area contributed by atoms with Crippen LogP contribution in [-0.2, 0) is 9.84 Å². The topological polar surface area (TPSA) is 87.2 Å². The lowest BCUT2D eigenvalue weighted by Crippen LogP contribution is -2.43. The van der Waals surface area contributed by atoms with E-state index in [1.807, 2.05) is 4.90 Å². The fraction of sp³-hybridized carbons (Fsp3) is 0.889. The molecule has 2 unspecified atom stereocenters. The van der Waals surface area contributed by atoms with Crippen LogP contribution in [0.15, 0.2) is 0 Å². The van der Waals surface area contributed by atoms with Gasteiger partial charge in [0.05, 0.1) is 17.6 Å². The van der Waals surface area contributed by atoms with Gasteiger partial charge in [0.15, 0.2) is 9.84 Å². The van der Waals surface area contributed by atoms with Crippen molar-refractivity contribution in [2.75, 3.05) is 24.6 Å². The van der Waals surface area contributed by atoms with Crippen molar-refractivity contribution in [3.63, 3.8) is 0 Å². The maximum absolute atomic E-state index is 11.3. The van der Waals surface area contributed by atoms with E-state index in [1.54, 1.807) is 0 Å². The molecule has 0 aromatic rings. The molecular weight excluding hydrogens is 214 g/mol. The predicted octanol–water partition coefficient (Wildman–Crippen LogP) is -0.900. The average Bonchev–Trinajstić information content (AvgIpc) is 2.71. The van der Waals surface area contributed by atoms with Gasteiger partial charge in [-0.1, -0.05) is 0 Å². The molecule has 84 valence electrons. The summed E-state index contributed by atoms with van der Waals surface area (Å²) >= 11 is 0. The minimum Gasteiger partial charge on any atom is -0.312 e. The molecule has 0 amide bonds. The lowest BCUT2D eigenvalue weighted by atomic mass is 10.0. The Bertz CT molecular complexity index is 400. The third kappa shape index (κ3) is 2.14. The van der Waals surface area contributed by atoms with Crippen molar-refractivity contribution in [1.82, 2.24) is 4.90 Å². The highest BCUT2D eigenvalue weighted by Crippen LogP contribution is 2.25. The highest BCUT2D eigenvalue weighted by molar-refractivity contribution is 7.91. The molecule has 6 heteroatoms. The molecule has 2 saturated heterocycles. The highest BCUT2D eigenvalue weighted by atomic mass is 32.2. The van der Waals surface area contributed by atoms with Crippen LogP contribution in [0.25, 0.3) is 0 Å². The van der Waals surface area contributed by atoms with E-state index in [0.717, 1.165) is 6.54 Å². The SMILES string of the molecule is N#CC1(N)CCN(C2CCS(=O)(=O)C2)C1. The Balaban J connectivity index is 2.02. The smallest absolute Gasteiger partial charge is 0.151 e. The lowest BCUT2D eigenvalue weighted by Gasteiger charge is -2.23. The van der Waals surface area contributed by atoms with Gasteiger partial charge >= 0.3 is 0 Å². The van der Waals surface area contributed by atoms with Crippen LogP contribution in [0.2, 0.25) is 0 Å². The minimum absolute atomic E-state index is 0.0776. The molecule has 2 aliphatic heterocycles. The number of hydrogen-bond donors (Lipinski definition) is 1. The molecule has 2 fully saturated rings. The van der Waals surface area contributed by atoms with Gasteiger partial charge in [0.2, 0.25) is 0 Å². The Morgan fingerprint density at radius 2 is 2.27 bits per heavy atom. The first-order valence-electron chi connectivity index (χ1n) is 5.09. The fourth-order valence-electron chi connectivity index (χ4n) is 2.33. The van der Waals surface area contributed by atoms with Crippen LogP contribution in [0.3, 0.4) is 0 Å². The zero-order valence-electron chi connectivity index (χ0n) is 8.52. The first-order valence-corrected chi connectivity index (χ1v) is 6.91. The molecule has 0 saturated carbocycles. The molecule has 2 rings (SSSR count). The Kier molecular flexibility index (Phi) is 2.49. The van der Waals surface area contributed by atoms with Crippen LogP contribution in [0, 0.1) is 11.3 Å². The maximum Gasteiger partial charge on any atom is 0.151 e. The number of hydrogen-bond acceptors (Lipinski definition) is 5. The number of likely N-dealkylation sites (tertiary alicyclic amines) is 1. The van der Waals surface area contributed by atoms with Crippen LogP contribution in [0.1, 0.15) is 12.8 Å². The van der Waals surface area contributed by atoms with E-state index < -0.39 is 15.4 Å². The van der Waals surface area contributed by atoms with Crippen molar-refractivity contribution in [3.05, 3.63) is 0 Å². The van der Waals surface area contributed by atoms with Crippen LogP contribution >= 0.6 is 0 Å². The van der Waals surface area contributed by atoms with Gasteiger partial charge in [0.25, 0.3) is 0 Å². The summed E-state index contributed by atoms with van der Waals surface area (Å²) in [6.45, 7) is 1.24. The summed E-state index contributed by atoms with van der Waals surface area (Å²) in [4.78, 5) is 2.05. The summed E-state index contributed by atoms with van der Waals surface area (Å²) in [6, 6.07) is 2.18. The number of nitrogens with zero attached hydrogens (tertiary/aromatic N) is 2. The van der Waals surface area contributed by atoms with E-state index in [4.69, 9.17) is 11.0 Å². The third-order valence-corrected chi connectivity index (χ3v) is 5.03. The van der Waals surface area contributed by atoms with Gasteiger partial charge in [-0.15, -0.1) is 0 Å². The minimum atomic E-state index is -2.84. The van der Waals surface area contributed by atoms with Gasteiger partial charge in [-0.25, -0.2) is 8.42 Å². The molecule has 0 aromatic carbocycles. The standard InChI is InChI=1S/C9H15N3O2S/c10-6-9(11)2-3-12(7-9)8-1-4-15(13,14)5-8/h8H,1-5,7,11H2. The van der Waals surface area contributed by atoms with E-state index >= 15 is 0 Å². The molecule has 2 heterocycles. The number of rotatable bonds is 1. The molecule has 0 spiro atoms. The average molecular weight is 229 g/mol. The number of sulfone groups is 1. The Hall–Kier alpha value is -0.640. The Morgan fingerprint density at radius 1 is 1.53 bits per heavy atom. The van der Waals surface area contributed by atoms with Gasteiger partial charge in [0, 0.05) is 19.1 Å². The fourth-order valence-corrected chi connectivity index (χ4v) is 4.09. The molecule has 2 aliphatic rings. The van der Waals surface area contributed by atoms with Crippen LogP contribution < -0.4 is 5.73 Å². The summed E-state index contributed by atoms with van der Waals surface area (Å²) in [5, 5.41) is 8.87. The first-order chi connectivity index (χ1) is 6.94. The molecule has 0 aliphatic carbocycles. The zero-order chi connectivity index (χ0) is 11.1. The van der Waals surface area contributed by atoms with Crippen LogP contribution in [-0.4, -0.2) is 49.5 Å². The monoisotopic (exact) mass is 229 g/mol. The van der Waals surface area contributed by atoms with E-state index in [1.165, 1.54) is 0 Å². The van der Waals surface area contributed by atoms with Gasteiger partial charge in [-0.3, -0.25) is 4.90 Å². The molecule has 5 nitrogen and oxygen atoms in total. The van der Waals surface area contributed by atoms with Crippen LogP contribution in [0.5, 0.6) is 0 Å². The second-order valence-corrected chi connectivity index (χ2v) is 6.77. The summed E-state index contributed by atoms with van der Waals surface area (Å²) in [5.74, 6) is 0.507. The van der Waals surface area contributed by atoms with Crippen molar-refractivity contribution in [2.45, 2.75) is 24.4 Å². The van der Waals surface area contributed by atoms with Gasteiger partial charge in [-0.05, 0) is 12.8 Å². The predicted molar refractivity (Wildman–Crippen MR) is 55.8 cm³/mol. The molecule has 2 N–H and O–H groups in total. The molecule has 0 bridgehead atoms. The van der Waals surface area contributed by atoms with E-state index in [-0.39, 0.29) is 17.5 Å². The largest absolute Gasteiger partial charge is 0.312 e. The normalized spacial score (nSPS) is 40.4. The summed E-state index contributed by atoms with van der Waals surface area (Å²) in [7, 11) is -2.84. The summed E-state index contributed by atoms with van der Waals surface area (Å²) in [5.41, 5.74) is 5.06. The van der Waals surface area contributed by atoms with E-state index in [2.05, 4.69) is 6.07 Å². The summed E-state index contributed by atoms with van der Waals surface area (Å²) < 4.78 is 22.6. The van der Waals surface area contributed by atoms with Gasteiger partial charge < -0.3 is 5.73 Å². The third-order valence-electron chi connectivity index (χ3n) is 3.28. The van der Waals surface area contributed by atoms with Crippen molar-refractivity contribution in [1.29, 1.82) is 5.26 Å². The second-order valence-electron chi connectivity index (χ2n) is 4.55. The zero-order valence-corrected chi connectivity index (χ0v) is 9.33. The van der Waals surface area contributed by atoms with Gasteiger partial charge in [0.1, 0.15) is 5.54 Å². The molecule has 0 aromatic heterocycles. The van der Waals surface area contributed by atoms with Crippen LogP contribution in [0.4, 0.5) is 0 Å². The quantitative estimate of drug-likeness (QED) is 0.629. The van der Waals surface area contributed by atoms with Crippen molar-refractivity contribution >= 4 is 9.84 Å². The molecule has 15 heavy (non-hydrogen) atoms. The van der Waals surface area contributed by atoms with Crippen molar-refractivity contribution in [2.24, 2.45) is 5.73 Å². The second kappa shape index (κ2) is 3.44. The lowest BCUT2D eigenvalue weighted by molar-refractivity contribution is 0.254. The van der Waals surface area contributed by atoms with Gasteiger partial charge in [-0.2, -0.15) is 5.26 Å². The highest BCUT2D eigenvalue weighted by Gasteiger charge is 2.41. The first kappa shape index (κ1) is 10.9. The van der Waals surface area contributed by atoms with Crippen molar-refractivity contribution in [3.8, 4) is 6.07 Å². The molecule has 2 atom stereocenters. The van der Waals surface area contributed by atoms with E-state index in [9.17, 15) is 8.42 Å². The Labute approximate surface area is 89.8 Å². The van der Waals surface area contributed by atoms with E-state index in [0.29, 0.717) is 19.4 Å². The number of nitriles is 1. The Morgan fingerprint density at radius 3 is 2.73 bits per heavy atom. The van der Waals surface area contributed by atoms with Crippen molar-refractivity contribution < 1.29 is 8.42 Å². The number of nitrogens with two attached hydrogens (primary N) is 1. The molecular formula is C9H15N3O2S. The summed E-state index contributed by atoms with van der Waals surface area (Å²) in [6.07, 6.45) is 1.32. The maximum atomic E-state index is 11.3. The molecule has 0 radical (unpaired) electrons.